The molecule has 0 saturated carbocycles. The van der Waals surface area contributed by atoms with E-state index in [1.54, 1.807) is 65.8 Å². The average molecular weight is 768 g/mol. The zero-order chi connectivity index (χ0) is 35.0. The van der Waals surface area contributed by atoms with E-state index in [0.717, 1.165) is 0 Å². The number of methoxy groups -OCH3 is 4. The second-order valence-electron chi connectivity index (χ2n) is 12.0. The number of ether oxygens (including phenoxy) is 6. The average Bonchev–Trinajstić information content (AvgIpc) is 2.95. The monoisotopic (exact) mass is 766 g/mol. The maximum atomic E-state index is 12.6. The Bertz CT molecular complexity index is 1430. The molecule has 0 heterocycles. The van der Waals surface area contributed by atoms with Crippen molar-refractivity contribution in [3.63, 3.8) is 0 Å². The van der Waals surface area contributed by atoms with Crippen LogP contribution in [0.3, 0.4) is 0 Å². The van der Waals surface area contributed by atoms with Gasteiger partial charge in [-0.25, -0.2) is 9.59 Å². The normalized spacial score (nSPS) is 12.3. The highest BCUT2D eigenvalue weighted by Crippen LogP contribution is 2.43. The molecule has 0 N–H and O–H groups in total. The Morgan fingerprint density at radius 3 is 1.20 bits per heavy atom. The number of esters is 4. The van der Waals surface area contributed by atoms with Gasteiger partial charge in [-0.05, 0) is 89.1 Å². The molecule has 0 fully saturated rings. The lowest BCUT2D eigenvalue weighted by Gasteiger charge is -2.20. The summed E-state index contributed by atoms with van der Waals surface area (Å²) in [5, 5.41) is 0. The van der Waals surface area contributed by atoms with Crippen molar-refractivity contribution in [3.8, 4) is 22.6 Å². The van der Waals surface area contributed by atoms with Gasteiger partial charge in [0.1, 0.15) is 22.7 Å². The highest BCUT2D eigenvalue weighted by atomic mass is 79.9. The summed E-state index contributed by atoms with van der Waals surface area (Å²) in [6, 6.07) is 6.98. The Kier molecular flexibility index (Phi) is 13.6. The van der Waals surface area contributed by atoms with Crippen molar-refractivity contribution in [2.75, 3.05) is 28.4 Å². The van der Waals surface area contributed by atoms with Crippen LogP contribution in [-0.2, 0) is 38.1 Å². The van der Waals surface area contributed by atoms with Crippen molar-refractivity contribution in [2.45, 2.75) is 65.6 Å². The number of hydrogen-bond donors (Lipinski definition) is 0. The quantitative estimate of drug-likeness (QED) is 0.129. The number of hydrogen-bond acceptors (Lipinski definition) is 10. The molecule has 0 bridgehead atoms. The van der Waals surface area contributed by atoms with E-state index in [4.69, 9.17) is 28.4 Å². The summed E-state index contributed by atoms with van der Waals surface area (Å²) in [5.74, 6) is -1.63. The third kappa shape index (κ3) is 11.3. The third-order valence-electron chi connectivity index (χ3n) is 5.99. The Labute approximate surface area is 286 Å². The van der Waals surface area contributed by atoms with Crippen LogP contribution in [0, 0.1) is 0 Å². The van der Waals surface area contributed by atoms with Crippen LogP contribution in [0.2, 0.25) is 0 Å². The molecule has 2 aromatic rings. The molecule has 0 atom stereocenters. The molecule has 250 valence electrons. The molecule has 12 heteroatoms. The van der Waals surface area contributed by atoms with Gasteiger partial charge in [0.05, 0.1) is 41.3 Å². The van der Waals surface area contributed by atoms with Crippen LogP contribution in [0.15, 0.2) is 44.4 Å². The van der Waals surface area contributed by atoms with Crippen LogP contribution < -0.4 is 9.47 Å². The lowest BCUT2D eigenvalue weighted by molar-refractivity contribution is -0.155. The van der Waals surface area contributed by atoms with Gasteiger partial charge in [-0.15, -0.1) is 0 Å². The molecule has 0 saturated heterocycles. The summed E-state index contributed by atoms with van der Waals surface area (Å²) < 4.78 is 33.2. The summed E-state index contributed by atoms with van der Waals surface area (Å²) in [6.45, 7) is 10.4. The van der Waals surface area contributed by atoms with E-state index in [0.29, 0.717) is 42.7 Å². The minimum Gasteiger partial charge on any atom is -0.496 e. The Morgan fingerprint density at radius 2 is 0.935 bits per heavy atom. The van der Waals surface area contributed by atoms with Crippen molar-refractivity contribution in [1.82, 2.24) is 0 Å². The number of rotatable bonds is 11. The van der Waals surface area contributed by atoms with Gasteiger partial charge in [0.25, 0.3) is 0 Å². The van der Waals surface area contributed by atoms with E-state index in [1.165, 1.54) is 40.6 Å². The first kappa shape index (κ1) is 38.5. The van der Waals surface area contributed by atoms with Gasteiger partial charge in [-0.2, -0.15) is 0 Å². The van der Waals surface area contributed by atoms with E-state index < -0.39 is 35.1 Å². The van der Waals surface area contributed by atoms with Crippen molar-refractivity contribution >= 4 is 67.9 Å². The maximum Gasteiger partial charge on any atom is 0.334 e. The second-order valence-corrected chi connectivity index (χ2v) is 13.7. The molecule has 0 unspecified atom stereocenters. The number of benzene rings is 2. The molecular weight excluding hydrogens is 728 g/mol. The number of carbonyl (C=O) groups is 4. The van der Waals surface area contributed by atoms with Crippen LogP contribution in [0.25, 0.3) is 23.3 Å². The molecule has 0 aromatic heterocycles. The molecule has 0 aliphatic heterocycles. The van der Waals surface area contributed by atoms with Gasteiger partial charge in [0.15, 0.2) is 0 Å². The molecule has 0 spiro atoms. The summed E-state index contributed by atoms with van der Waals surface area (Å²) in [7, 11) is 5.47. The van der Waals surface area contributed by atoms with Crippen LogP contribution in [0.4, 0.5) is 0 Å². The van der Waals surface area contributed by atoms with Gasteiger partial charge in [0, 0.05) is 31.2 Å². The summed E-state index contributed by atoms with van der Waals surface area (Å²) in [6.07, 6.45) is 2.48. The molecule has 2 aromatic carbocycles. The standard InChI is InChI=1S/C34H40Br2O10/c1-33(2,3)45-29(37)15-21(31(39)43-9)11-19-13-27(41-7)23(17-25(19)35)24-18-26(36)20(14-28(24)42-8)12-22(32(40)44-10)16-30(38)46-34(4,5)6/h11-14,17-18H,15-16H2,1-10H3/b21-11+,22-12+. The smallest absolute Gasteiger partial charge is 0.334 e. The van der Waals surface area contributed by atoms with Gasteiger partial charge < -0.3 is 28.4 Å². The van der Waals surface area contributed by atoms with Crippen LogP contribution in [-0.4, -0.2) is 63.5 Å². The van der Waals surface area contributed by atoms with E-state index >= 15 is 0 Å². The van der Waals surface area contributed by atoms with E-state index in [-0.39, 0.29) is 24.0 Å². The zero-order valence-electron chi connectivity index (χ0n) is 27.7. The first-order valence-electron chi connectivity index (χ1n) is 14.1. The molecule has 0 radical (unpaired) electrons. The molecule has 0 amide bonds. The maximum absolute atomic E-state index is 12.6. The largest absolute Gasteiger partial charge is 0.496 e. The second kappa shape index (κ2) is 16.3. The summed E-state index contributed by atoms with van der Waals surface area (Å²) in [5.41, 5.74) is 1.11. The molecule has 0 aliphatic rings. The molecule has 10 nitrogen and oxygen atoms in total. The number of carbonyl (C=O) groups excluding carboxylic acids is 4. The third-order valence-corrected chi connectivity index (χ3v) is 7.37. The predicted octanol–water partition coefficient (Wildman–Crippen LogP) is 7.47. The SMILES string of the molecule is COC(=O)/C(=C/c1cc(OC)c(-c2cc(Br)c(/C=C(\CC(=O)OC(C)(C)C)C(=O)OC)cc2OC)cc1Br)CC(=O)OC(C)(C)C. The molecule has 46 heavy (non-hydrogen) atoms. The first-order chi connectivity index (χ1) is 21.3. The highest BCUT2D eigenvalue weighted by Gasteiger charge is 2.24. The van der Waals surface area contributed by atoms with Gasteiger partial charge in [-0.1, -0.05) is 31.9 Å². The summed E-state index contributed by atoms with van der Waals surface area (Å²) in [4.78, 5) is 50.1. The van der Waals surface area contributed by atoms with Crippen LogP contribution in [0.5, 0.6) is 11.5 Å². The van der Waals surface area contributed by atoms with Crippen molar-refractivity contribution < 1.29 is 47.6 Å². The first-order valence-corrected chi connectivity index (χ1v) is 15.7. The Balaban J connectivity index is 2.63. The summed E-state index contributed by atoms with van der Waals surface area (Å²) >= 11 is 7.15. The predicted molar refractivity (Wildman–Crippen MR) is 181 cm³/mol. The van der Waals surface area contributed by atoms with Crippen LogP contribution >= 0.6 is 31.9 Å². The minimum absolute atomic E-state index is 0.0940. The van der Waals surface area contributed by atoms with Crippen molar-refractivity contribution in [2.24, 2.45) is 0 Å². The number of halogens is 2. The van der Waals surface area contributed by atoms with E-state index in [2.05, 4.69) is 31.9 Å². The topological polar surface area (TPSA) is 124 Å². The zero-order valence-corrected chi connectivity index (χ0v) is 30.9. The Morgan fingerprint density at radius 1 is 0.609 bits per heavy atom. The van der Waals surface area contributed by atoms with Gasteiger partial charge in [-0.3, -0.25) is 9.59 Å². The fraction of sp³-hybridized carbons (Fsp3) is 0.412. The van der Waals surface area contributed by atoms with E-state index in [9.17, 15) is 19.2 Å². The lowest BCUT2D eigenvalue weighted by Crippen LogP contribution is -2.25. The Hall–Kier alpha value is -3.64. The van der Waals surface area contributed by atoms with Crippen molar-refractivity contribution in [1.29, 1.82) is 0 Å². The molecule has 0 aliphatic carbocycles. The van der Waals surface area contributed by atoms with Gasteiger partial charge in [0.2, 0.25) is 0 Å². The minimum atomic E-state index is -0.721. The fourth-order valence-corrected chi connectivity index (χ4v) is 5.10. The highest BCUT2D eigenvalue weighted by molar-refractivity contribution is 9.10. The molecule has 2 rings (SSSR count). The lowest BCUT2D eigenvalue weighted by atomic mass is 9.98. The van der Waals surface area contributed by atoms with E-state index in [1.807, 2.05) is 0 Å². The molecular formula is C34H40Br2O10. The van der Waals surface area contributed by atoms with Gasteiger partial charge >= 0.3 is 23.9 Å². The fourth-order valence-electron chi connectivity index (χ4n) is 4.19. The van der Waals surface area contributed by atoms with Crippen molar-refractivity contribution in [3.05, 3.63) is 55.5 Å². The van der Waals surface area contributed by atoms with Crippen LogP contribution in [0.1, 0.15) is 65.5 Å².